The zero-order chi connectivity index (χ0) is 17.1. The molecule has 0 bridgehead atoms. The van der Waals surface area contributed by atoms with Crippen LogP contribution in [-0.4, -0.2) is 37.3 Å². The Kier molecular flexibility index (Phi) is 8.42. The maximum absolute atomic E-state index is 11.6. The Morgan fingerprint density at radius 1 is 1.04 bits per heavy atom. The quantitative estimate of drug-likeness (QED) is 0.507. The molecule has 0 spiro atoms. The van der Waals surface area contributed by atoms with Crippen LogP contribution in [0.4, 0.5) is 0 Å². The van der Waals surface area contributed by atoms with Gasteiger partial charge in [-0.2, -0.15) is 0 Å². The Bertz CT molecular complexity index is 526. The van der Waals surface area contributed by atoms with E-state index in [1.54, 1.807) is 24.3 Å². The number of rotatable bonds is 10. The van der Waals surface area contributed by atoms with Gasteiger partial charge in [0.1, 0.15) is 5.75 Å². The van der Waals surface area contributed by atoms with Crippen molar-refractivity contribution in [3.63, 3.8) is 0 Å². The maximum Gasteiger partial charge on any atom is 0.239 e. The van der Waals surface area contributed by atoms with Crippen LogP contribution in [0.3, 0.4) is 0 Å². The zero-order valence-electron chi connectivity index (χ0n) is 13.7. The molecule has 6 heteroatoms. The van der Waals surface area contributed by atoms with Gasteiger partial charge in [0.2, 0.25) is 11.8 Å². The number of amides is 2. The first-order valence-corrected chi connectivity index (χ1v) is 7.80. The van der Waals surface area contributed by atoms with Gasteiger partial charge in [0.25, 0.3) is 0 Å². The summed E-state index contributed by atoms with van der Waals surface area (Å²) >= 11 is 0. The van der Waals surface area contributed by atoms with E-state index in [1.807, 2.05) is 6.92 Å². The van der Waals surface area contributed by atoms with Crippen LogP contribution in [0.15, 0.2) is 24.3 Å². The summed E-state index contributed by atoms with van der Waals surface area (Å²) in [4.78, 5) is 34.0. The number of ketones is 1. The number of carbonyl (C=O) groups excluding carboxylic acids is 3. The second-order valence-corrected chi connectivity index (χ2v) is 5.16. The average Bonchev–Trinajstić information content (AvgIpc) is 2.55. The second-order valence-electron chi connectivity index (χ2n) is 5.16. The number of carbonyl (C=O) groups is 3. The lowest BCUT2D eigenvalue weighted by atomic mass is 10.1. The smallest absolute Gasteiger partial charge is 0.239 e. The minimum Gasteiger partial charge on any atom is -0.494 e. The molecule has 0 saturated carbocycles. The average molecular weight is 320 g/mol. The Hall–Kier alpha value is -2.37. The lowest BCUT2D eigenvalue weighted by Crippen LogP contribution is -2.37. The normalized spacial score (nSPS) is 10.0. The maximum atomic E-state index is 11.6. The summed E-state index contributed by atoms with van der Waals surface area (Å²) in [6, 6.07) is 6.88. The predicted molar refractivity (Wildman–Crippen MR) is 87.5 cm³/mol. The van der Waals surface area contributed by atoms with Gasteiger partial charge in [-0.15, -0.1) is 0 Å². The monoisotopic (exact) mass is 320 g/mol. The Morgan fingerprint density at radius 3 is 2.35 bits per heavy atom. The van der Waals surface area contributed by atoms with Crippen LogP contribution in [-0.2, 0) is 9.59 Å². The fraction of sp³-hybridized carbons (Fsp3) is 0.471. The first-order valence-electron chi connectivity index (χ1n) is 7.80. The summed E-state index contributed by atoms with van der Waals surface area (Å²) in [6.45, 7) is 4.50. The number of Topliss-reactive ketones (excluding diaryl/α,β-unsaturated/α-hetero) is 1. The van der Waals surface area contributed by atoms with Gasteiger partial charge in [-0.25, -0.2) is 0 Å². The number of ether oxygens (including phenoxy) is 1. The van der Waals surface area contributed by atoms with Crippen molar-refractivity contribution in [2.75, 3.05) is 19.7 Å². The van der Waals surface area contributed by atoms with E-state index in [0.29, 0.717) is 37.3 Å². The van der Waals surface area contributed by atoms with Gasteiger partial charge in [-0.3, -0.25) is 14.4 Å². The van der Waals surface area contributed by atoms with E-state index in [-0.39, 0.29) is 24.1 Å². The zero-order valence-corrected chi connectivity index (χ0v) is 13.7. The van der Waals surface area contributed by atoms with Crippen molar-refractivity contribution >= 4 is 17.6 Å². The van der Waals surface area contributed by atoms with Crippen LogP contribution in [0.1, 0.15) is 43.5 Å². The molecule has 0 aliphatic carbocycles. The van der Waals surface area contributed by atoms with Crippen molar-refractivity contribution < 1.29 is 19.1 Å². The molecule has 23 heavy (non-hydrogen) atoms. The van der Waals surface area contributed by atoms with Crippen LogP contribution in [0, 0.1) is 0 Å². The van der Waals surface area contributed by atoms with Crippen molar-refractivity contribution in [2.24, 2.45) is 0 Å². The molecule has 2 N–H and O–H groups in total. The molecule has 0 heterocycles. The van der Waals surface area contributed by atoms with Gasteiger partial charge in [0, 0.05) is 18.5 Å². The Morgan fingerprint density at radius 2 is 1.74 bits per heavy atom. The summed E-state index contributed by atoms with van der Waals surface area (Å²) in [5.41, 5.74) is 0.637. The fourth-order valence-corrected chi connectivity index (χ4v) is 1.80. The molecule has 0 saturated heterocycles. The van der Waals surface area contributed by atoms with Gasteiger partial charge in [-0.1, -0.05) is 6.92 Å². The number of hydrogen-bond acceptors (Lipinski definition) is 4. The molecule has 0 unspecified atom stereocenters. The molecule has 2 amide bonds. The van der Waals surface area contributed by atoms with Crippen LogP contribution in [0.2, 0.25) is 0 Å². The summed E-state index contributed by atoms with van der Waals surface area (Å²) in [5, 5.41) is 5.25. The molecule has 0 atom stereocenters. The highest BCUT2D eigenvalue weighted by molar-refractivity contribution is 5.94. The Labute approximate surface area is 136 Å². The van der Waals surface area contributed by atoms with E-state index in [0.717, 1.165) is 6.42 Å². The number of nitrogens with one attached hydrogen (secondary N) is 2. The van der Waals surface area contributed by atoms with E-state index in [9.17, 15) is 14.4 Å². The van der Waals surface area contributed by atoms with Gasteiger partial charge in [0.05, 0.1) is 13.2 Å². The molecule has 6 nitrogen and oxygen atoms in total. The third-order valence-corrected chi connectivity index (χ3v) is 3.10. The molecule has 0 fully saturated rings. The second kappa shape index (κ2) is 10.4. The minimum absolute atomic E-state index is 0.00615. The van der Waals surface area contributed by atoms with Crippen LogP contribution >= 0.6 is 0 Å². The van der Waals surface area contributed by atoms with E-state index < -0.39 is 0 Å². The first kappa shape index (κ1) is 18.7. The van der Waals surface area contributed by atoms with Crippen LogP contribution < -0.4 is 15.4 Å². The third kappa shape index (κ3) is 7.99. The third-order valence-electron chi connectivity index (χ3n) is 3.10. The van der Waals surface area contributed by atoms with Crippen LogP contribution in [0.5, 0.6) is 5.75 Å². The number of hydrogen-bond donors (Lipinski definition) is 2. The highest BCUT2D eigenvalue weighted by Gasteiger charge is 2.05. The highest BCUT2D eigenvalue weighted by Crippen LogP contribution is 2.12. The summed E-state index contributed by atoms with van der Waals surface area (Å²) in [5.74, 6) is 0.319. The minimum atomic E-state index is -0.179. The highest BCUT2D eigenvalue weighted by atomic mass is 16.5. The topological polar surface area (TPSA) is 84.5 Å². The van der Waals surface area contributed by atoms with Crippen molar-refractivity contribution in [1.29, 1.82) is 0 Å². The van der Waals surface area contributed by atoms with Gasteiger partial charge in [0.15, 0.2) is 5.78 Å². The molecule has 1 rings (SSSR count). The largest absolute Gasteiger partial charge is 0.494 e. The van der Waals surface area contributed by atoms with Crippen molar-refractivity contribution in [3.8, 4) is 5.75 Å². The van der Waals surface area contributed by atoms with Gasteiger partial charge < -0.3 is 15.4 Å². The molecule has 126 valence electrons. The number of benzene rings is 1. The van der Waals surface area contributed by atoms with Crippen LogP contribution in [0.25, 0.3) is 0 Å². The van der Waals surface area contributed by atoms with Crippen molar-refractivity contribution in [3.05, 3.63) is 29.8 Å². The van der Waals surface area contributed by atoms with E-state index >= 15 is 0 Å². The van der Waals surface area contributed by atoms with E-state index in [4.69, 9.17) is 4.74 Å². The molecule has 1 aromatic carbocycles. The molecule has 0 aromatic heterocycles. The van der Waals surface area contributed by atoms with Gasteiger partial charge in [-0.05, 0) is 44.0 Å². The molecule has 0 radical (unpaired) electrons. The summed E-state index contributed by atoms with van der Waals surface area (Å²) in [7, 11) is 0. The van der Waals surface area contributed by atoms with E-state index in [2.05, 4.69) is 10.6 Å². The predicted octanol–water partition coefficient (Wildman–Crippen LogP) is 1.69. The molecular weight excluding hydrogens is 296 g/mol. The summed E-state index contributed by atoms with van der Waals surface area (Å²) < 4.78 is 5.50. The van der Waals surface area contributed by atoms with Gasteiger partial charge >= 0.3 is 0 Å². The molecule has 0 aliphatic rings. The van der Waals surface area contributed by atoms with Crippen molar-refractivity contribution in [1.82, 2.24) is 10.6 Å². The molecule has 1 aromatic rings. The molecule has 0 aliphatic heterocycles. The van der Waals surface area contributed by atoms with Crippen molar-refractivity contribution in [2.45, 2.75) is 33.1 Å². The Balaban J connectivity index is 2.15. The SMILES string of the molecule is CCCNC(=O)CNC(=O)CCCOc1ccc(C(C)=O)cc1. The fourth-order valence-electron chi connectivity index (χ4n) is 1.80. The standard InChI is InChI=1S/C17H24N2O4/c1-3-10-18-17(22)12-19-16(21)5-4-11-23-15-8-6-14(7-9-15)13(2)20/h6-9H,3-5,10-12H2,1-2H3,(H,18,22)(H,19,21). The lowest BCUT2D eigenvalue weighted by Gasteiger charge is -2.08. The first-order chi connectivity index (χ1) is 11.0. The lowest BCUT2D eigenvalue weighted by molar-refractivity contribution is -0.126. The van der Waals surface area contributed by atoms with E-state index in [1.165, 1.54) is 6.92 Å². The molecular formula is C17H24N2O4. The summed E-state index contributed by atoms with van der Waals surface area (Å²) in [6.07, 6.45) is 1.72.